The normalized spacial score (nSPS) is 16.5. The van der Waals surface area contributed by atoms with Gasteiger partial charge in [0, 0.05) is 11.8 Å². The minimum absolute atomic E-state index is 0.0592. The molecule has 0 aliphatic heterocycles. The average molecular weight is 219 g/mol. The van der Waals surface area contributed by atoms with Crippen LogP contribution in [0.3, 0.4) is 0 Å². The lowest BCUT2D eigenvalue weighted by Gasteiger charge is -2.27. The van der Waals surface area contributed by atoms with Crippen molar-refractivity contribution in [2.75, 3.05) is 0 Å². The number of hydrogen-bond acceptors (Lipinski definition) is 3. The SMILES string of the molecule is O=C(O)C1(C(=O)O)CC=Cc2ncccc21. The van der Waals surface area contributed by atoms with Crippen molar-refractivity contribution in [3.8, 4) is 0 Å². The van der Waals surface area contributed by atoms with Crippen LogP contribution in [0.25, 0.3) is 6.08 Å². The second kappa shape index (κ2) is 3.44. The van der Waals surface area contributed by atoms with Gasteiger partial charge in [-0.05, 0) is 18.6 Å². The number of pyridine rings is 1. The van der Waals surface area contributed by atoms with Gasteiger partial charge in [-0.1, -0.05) is 12.1 Å². The first-order valence-electron chi connectivity index (χ1n) is 4.68. The molecular weight excluding hydrogens is 210 g/mol. The fraction of sp³-hybridized carbons (Fsp3) is 0.182. The van der Waals surface area contributed by atoms with Gasteiger partial charge in [0.25, 0.3) is 0 Å². The molecular formula is C11H9NO4. The van der Waals surface area contributed by atoms with Crippen LogP contribution in [-0.4, -0.2) is 27.1 Å². The summed E-state index contributed by atoms with van der Waals surface area (Å²) in [6, 6.07) is 3.03. The molecule has 0 radical (unpaired) electrons. The van der Waals surface area contributed by atoms with Crippen molar-refractivity contribution in [2.24, 2.45) is 0 Å². The minimum Gasteiger partial charge on any atom is -0.480 e. The van der Waals surface area contributed by atoms with E-state index in [1.165, 1.54) is 18.3 Å². The van der Waals surface area contributed by atoms with Crippen LogP contribution in [0.2, 0.25) is 0 Å². The van der Waals surface area contributed by atoms with Crippen molar-refractivity contribution in [3.05, 3.63) is 35.7 Å². The first kappa shape index (κ1) is 10.4. The molecule has 0 unspecified atom stereocenters. The lowest BCUT2D eigenvalue weighted by Crippen LogP contribution is -2.45. The van der Waals surface area contributed by atoms with Crippen molar-refractivity contribution in [1.29, 1.82) is 0 Å². The van der Waals surface area contributed by atoms with Gasteiger partial charge < -0.3 is 10.2 Å². The summed E-state index contributed by atoms with van der Waals surface area (Å²) in [5.41, 5.74) is -1.27. The largest absolute Gasteiger partial charge is 0.480 e. The number of carboxylic acids is 2. The van der Waals surface area contributed by atoms with Crippen LogP contribution >= 0.6 is 0 Å². The molecule has 2 rings (SSSR count). The molecule has 0 atom stereocenters. The van der Waals surface area contributed by atoms with Gasteiger partial charge in [-0.2, -0.15) is 0 Å². The number of nitrogens with zero attached hydrogens (tertiary/aromatic N) is 1. The molecule has 0 saturated carbocycles. The van der Waals surface area contributed by atoms with Gasteiger partial charge in [0.1, 0.15) is 0 Å². The molecule has 0 amide bonds. The number of hydrogen-bond donors (Lipinski definition) is 2. The highest BCUT2D eigenvalue weighted by Gasteiger charge is 2.50. The summed E-state index contributed by atoms with van der Waals surface area (Å²) in [5.74, 6) is -2.72. The second-order valence-corrected chi connectivity index (χ2v) is 3.56. The highest BCUT2D eigenvalue weighted by Crippen LogP contribution is 2.35. The molecule has 0 fully saturated rings. The fourth-order valence-electron chi connectivity index (χ4n) is 1.87. The third-order valence-electron chi connectivity index (χ3n) is 2.73. The van der Waals surface area contributed by atoms with E-state index in [4.69, 9.17) is 10.2 Å². The van der Waals surface area contributed by atoms with E-state index in [0.717, 1.165) is 0 Å². The minimum atomic E-state index is -1.90. The Balaban J connectivity index is 2.71. The molecule has 0 saturated heterocycles. The smallest absolute Gasteiger partial charge is 0.326 e. The maximum absolute atomic E-state index is 11.2. The maximum atomic E-state index is 11.2. The van der Waals surface area contributed by atoms with Crippen molar-refractivity contribution in [3.63, 3.8) is 0 Å². The van der Waals surface area contributed by atoms with Gasteiger partial charge >= 0.3 is 11.9 Å². The van der Waals surface area contributed by atoms with E-state index in [1.807, 2.05) is 0 Å². The van der Waals surface area contributed by atoms with Crippen LogP contribution in [-0.2, 0) is 15.0 Å². The molecule has 1 heterocycles. The Morgan fingerprint density at radius 1 is 1.31 bits per heavy atom. The van der Waals surface area contributed by atoms with Crippen LogP contribution in [0.15, 0.2) is 24.4 Å². The number of aliphatic carboxylic acids is 2. The third kappa shape index (κ3) is 1.21. The zero-order chi connectivity index (χ0) is 11.8. The van der Waals surface area contributed by atoms with E-state index in [2.05, 4.69) is 4.98 Å². The summed E-state index contributed by atoms with van der Waals surface area (Å²) < 4.78 is 0. The Kier molecular flexibility index (Phi) is 2.23. The molecule has 82 valence electrons. The van der Waals surface area contributed by atoms with Crippen molar-refractivity contribution < 1.29 is 19.8 Å². The molecule has 0 aromatic carbocycles. The van der Waals surface area contributed by atoms with Crippen LogP contribution in [0, 0.1) is 0 Å². The number of fused-ring (bicyclic) bond motifs is 1. The van der Waals surface area contributed by atoms with Gasteiger partial charge in [-0.25, -0.2) is 0 Å². The second-order valence-electron chi connectivity index (χ2n) is 3.56. The van der Waals surface area contributed by atoms with Crippen LogP contribution in [0.1, 0.15) is 17.7 Å². The van der Waals surface area contributed by atoms with Crippen LogP contribution < -0.4 is 0 Å². The lowest BCUT2D eigenvalue weighted by molar-refractivity contribution is -0.157. The Hall–Kier alpha value is -2.17. The fourth-order valence-corrected chi connectivity index (χ4v) is 1.87. The zero-order valence-corrected chi connectivity index (χ0v) is 8.25. The molecule has 1 aliphatic carbocycles. The Morgan fingerprint density at radius 2 is 2.00 bits per heavy atom. The van der Waals surface area contributed by atoms with Gasteiger partial charge in [0.2, 0.25) is 0 Å². The maximum Gasteiger partial charge on any atom is 0.326 e. The summed E-state index contributed by atoms with van der Waals surface area (Å²) in [6.45, 7) is 0. The van der Waals surface area contributed by atoms with E-state index in [0.29, 0.717) is 5.69 Å². The first-order chi connectivity index (χ1) is 7.59. The van der Waals surface area contributed by atoms with Crippen LogP contribution in [0.4, 0.5) is 0 Å². The van der Waals surface area contributed by atoms with E-state index >= 15 is 0 Å². The summed E-state index contributed by atoms with van der Waals surface area (Å²) in [4.78, 5) is 26.4. The molecule has 0 bridgehead atoms. The number of carbonyl (C=O) groups is 2. The number of carboxylic acid groups (broad SMARTS) is 2. The summed E-state index contributed by atoms with van der Waals surface area (Å²) in [6.07, 6.45) is 4.61. The topological polar surface area (TPSA) is 87.5 Å². The highest BCUT2D eigenvalue weighted by atomic mass is 16.4. The average Bonchev–Trinajstić information content (AvgIpc) is 2.27. The first-order valence-corrected chi connectivity index (χ1v) is 4.68. The Labute approximate surface area is 91.1 Å². The lowest BCUT2D eigenvalue weighted by atomic mass is 9.74. The monoisotopic (exact) mass is 219 g/mol. The van der Waals surface area contributed by atoms with Crippen molar-refractivity contribution in [1.82, 2.24) is 4.98 Å². The van der Waals surface area contributed by atoms with Gasteiger partial charge in [0.15, 0.2) is 5.41 Å². The molecule has 2 N–H and O–H groups in total. The predicted molar refractivity (Wildman–Crippen MR) is 54.8 cm³/mol. The molecule has 1 aromatic rings. The zero-order valence-electron chi connectivity index (χ0n) is 8.25. The van der Waals surface area contributed by atoms with Crippen molar-refractivity contribution in [2.45, 2.75) is 11.8 Å². The highest BCUT2D eigenvalue weighted by molar-refractivity contribution is 6.06. The van der Waals surface area contributed by atoms with E-state index in [1.54, 1.807) is 12.1 Å². The van der Waals surface area contributed by atoms with Crippen molar-refractivity contribution >= 4 is 18.0 Å². The Morgan fingerprint density at radius 3 is 2.62 bits per heavy atom. The molecule has 1 aromatic heterocycles. The molecule has 0 spiro atoms. The number of aromatic nitrogens is 1. The summed E-state index contributed by atoms with van der Waals surface area (Å²) in [5, 5.41) is 18.3. The third-order valence-corrected chi connectivity index (χ3v) is 2.73. The number of rotatable bonds is 2. The Bertz CT molecular complexity index is 479. The molecule has 5 nitrogen and oxygen atoms in total. The quantitative estimate of drug-likeness (QED) is 0.721. The van der Waals surface area contributed by atoms with Gasteiger partial charge in [-0.3, -0.25) is 14.6 Å². The molecule has 5 heteroatoms. The predicted octanol–water partition coefficient (Wildman–Crippen LogP) is 0.905. The van der Waals surface area contributed by atoms with Crippen LogP contribution in [0.5, 0.6) is 0 Å². The summed E-state index contributed by atoms with van der Waals surface area (Å²) >= 11 is 0. The van der Waals surface area contributed by atoms with Gasteiger partial charge in [-0.15, -0.1) is 0 Å². The van der Waals surface area contributed by atoms with E-state index < -0.39 is 17.4 Å². The molecule has 1 aliphatic rings. The summed E-state index contributed by atoms with van der Waals surface area (Å²) in [7, 11) is 0. The molecule has 16 heavy (non-hydrogen) atoms. The van der Waals surface area contributed by atoms with Gasteiger partial charge in [0.05, 0.1) is 5.69 Å². The number of allylic oxidation sites excluding steroid dienone is 1. The standard InChI is InChI=1S/C11H9NO4/c13-9(14)11(10(15)16)5-1-4-8-7(11)3-2-6-12-8/h1-4,6H,5H2,(H,13,14)(H,15,16). The van der Waals surface area contributed by atoms with E-state index in [-0.39, 0.29) is 12.0 Å². The van der Waals surface area contributed by atoms with E-state index in [9.17, 15) is 9.59 Å².